The number of hydrogen-bond acceptors (Lipinski definition) is 12. The number of anilines is 1. The van der Waals surface area contributed by atoms with E-state index in [4.69, 9.17) is 16.2 Å². The van der Waals surface area contributed by atoms with Crippen LogP contribution in [0, 0.1) is 17.3 Å². The zero-order chi connectivity index (χ0) is 30.9. The van der Waals surface area contributed by atoms with Crippen molar-refractivity contribution >= 4 is 35.0 Å². The van der Waals surface area contributed by atoms with Gasteiger partial charge >= 0.3 is 6.09 Å². The molecule has 14 heteroatoms. The van der Waals surface area contributed by atoms with Crippen LogP contribution in [0.2, 0.25) is 0 Å². The summed E-state index contributed by atoms with van der Waals surface area (Å²) in [4.78, 5) is 52.8. The Balaban J connectivity index is 1.88. The standard InChI is InChI=1S/C27H34N4O10/c1-26(2,3)8-41-25(39)30-10-7-6-9-11(18(10)32)19(33)13-12(16(9)28)20(34)15-17(31(4)5)21(35)14(24(29)38)23(37)27(15,40)22(13)36/h6-7,12,15-17,20,32-34,37,40H,8,28H2,1-5H3,(H2,29,38)(H,30,39)/t12-,15+,16-,17-,20-,27-/m0/s1. The lowest BCUT2D eigenvalue weighted by molar-refractivity contribution is -0.169. The van der Waals surface area contributed by atoms with Crippen LogP contribution in [-0.4, -0.2) is 92.4 Å². The Kier molecular flexibility index (Phi) is 7.19. The number of amides is 2. The van der Waals surface area contributed by atoms with Crippen LogP contribution in [0.1, 0.15) is 37.9 Å². The highest BCUT2D eigenvalue weighted by atomic mass is 16.5. The highest BCUT2D eigenvalue weighted by molar-refractivity contribution is 6.24. The molecular formula is C27H34N4O10. The molecule has 1 fully saturated rings. The van der Waals surface area contributed by atoms with Crippen LogP contribution < -0.4 is 16.8 Å². The van der Waals surface area contributed by atoms with Crippen molar-refractivity contribution in [3.63, 3.8) is 0 Å². The Bertz CT molecular complexity index is 1430. The van der Waals surface area contributed by atoms with Crippen molar-refractivity contribution in [1.82, 2.24) is 4.90 Å². The van der Waals surface area contributed by atoms with Gasteiger partial charge in [0.25, 0.3) is 5.91 Å². The van der Waals surface area contributed by atoms with Crippen molar-refractivity contribution in [2.24, 2.45) is 28.7 Å². The van der Waals surface area contributed by atoms with Gasteiger partial charge in [0.2, 0.25) is 5.78 Å². The van der Waals surface area contributed by atoms with Crippen LogP contribution in [0.3, 0.4) is 0 Å². The first-order chi connectivity index (χ1) is 18.9. The van der Waals surface area contributed by atoms with E-state index < -0.39 is 87.6 Å². The summed E-state index contributed by atoms with van der Waals surface area (Å²) in [5, 5.41) is 58.8. The second kappa shape index (κ2) is 9.83. The minimum absolute atomic E-state index is 0.0548. The average molecular weight is 575 g/mol. The number of aliphatic hydroxyl groups excluding tert-OH is 3. The zero-order valence-corrected chi connectivity index (χ0v) is 23.1. The summed E-state index contributed by atoms with van der Waals surface area (Å²) in [7, 11) is 2.80. The minimum atomic E-state index is -3.06. The third-order valence-electron chi connectivity index (χ3n) is 7.72. The first kappa shape index (κ1) is 30.0. The number of phenolic OH excluding ortho intramolecular Hbond substituents is 1. The Morgan fingerprint density at radius 2 is 1.76 bits per heavy atom. The quantitative estimate of drug-likeness (QED) is 0.175. The van der Waals surface area contributed by atoms with Gasteiger partial charge in [-0.15, -0.1) is 0 Å². The lowest BCUT2D eigenvalue weighted by Gasteiger charge is -2.53. The molecule has 0 spiro atoms. The van der Waals surface area contributed by atoms with E-state index in [1.54, 1.807) is 0 Å². The second-order valence-corrected chi connectivity index (χ2v) is 12.0. The minimum Gasteiger partial charge on any atom is -0.508 e. The lowest BCUT2D eigenvalue weighted by atomic mass is 9.55. The highest BCUT2D eigenvalue weighted by Crippen LogP contribution is 2.55. The monoisotopic (exact) mass is 574 g/mol. The number of phenols is 1. The number of nitrogens with one attached hydrogen (secondary N) is 1. The van der Waals surface area contributed by atoms with E-state index in [-0.39, 0.29) is 28.8 Å². The molecule has 4 rings (SSSR count). The maximum atomic E-state index is 14.0. The third-order valence-corrected chi connectivity index (χ3v) is 7.72. The molecule has 0 radical (unpaired) electrons. The van der Waals surface area contributed by atoms with E-state index in [9.17, 15) is 44.7 Å². The molecule has 0 aromatic heterocycles. The number of nitrogens with zero attached hydrogens (tertiary/aromatic N) is 1. The number of benzene rings is 1. The molecule has 0 unspecified atom stereocenters. The number of rotatable bonds is 4. The van der Waals surface area contributed by atoms with Crippen molar-refractivity contribution in [3.8, 4) is 5.75 Å². The number of primary amides is 1. The van der Waals surface area contributed by atoms with Crippen molar-refractivity contribution in [3.05, 3.63) is 40.2 Å². The number of ketones is 2. The highest BCUT2D eigenvalue weighted by Gasteiger charge is 2.68. The van der Waals surface area contributed by atoms with Gasteiger partial charge in [-0.1, -0.05) is 26.8 Å². The predicted molar refractivity (Wildman–Crippen MR) is 143 cm³/mol. The van der Waals surface area contributed by atoms with Gasteiger partial charge < -0.3 is 41.7 Å². The van der Waals surface area contributed by atoms with Crippen LogP contribution in [0.4, 0.5) is 10.5 Å². The molecule has 1 aromatic carbocycles. The van der Waals surface area contributed by atoms with E-state index in [0.717, 1.165) is 0 Å². The van der Waals surface area contributed by atoms with Crippen LogP contribution in [0.5, 0.6) is 5.75 Å². The molecule has 10 N–H and O–H groups in total. The number of hydrogen-bond donors (Lipinski definition) is 8. The Labute approximate surface area is 234 Å². The smallest absolute Gasteiger partial charge is 0.411 e. The van der Waals surface area contributed by atoms with Gasteiger partial charge in [0.15, 0.2) is 11.4 Å². The Morgan fingerprint density at radius 1 is 1.15 bits per heavy atom. The summed E-state index contributed by atoms with van der Waals surface area (Å²) in [5.74, 6) is -9.85. The molecule has 222 valence electrons. The fourth-order valence-electron chi connectivity index (χ4n) is 5.89. The van der Waals surface area contributed by atoms with Crippen LogP contribution in [0.25, 0.3) is 5.76 Å². The second-order valence-electron chi connectivity index (χ2n) is 12.0. The predicted octanol–water partition coefficient (Wildman–Crippen LogP) is -0.0133. The molecule has 0 bridgehead atoms. The molecule has 1 aromatic rings. The number of carbonyl (C=O) groups excluding carboxylic acids is 4. The largest absolute Gasteiger partial charge is 0.508 e. The van der Waals surface area contributed by atoms with Gasteiger partial charge in [0, 0.05) is 17.5 Å². The summed E-state index contributed by atoms with van der Waals surface area (Å²) < 4.78 is 5.14. The van der Waals surface area contributed by atoms with Crippen LogP contribution in [-0.2, 0) is 19.1 Å². The van der Waals surface area contributed by atoms with Gasteiger partial charge in [0.1, 0.15) is 22.8 Å². The van der Waals surface area contributed by atoms with Gasteiger partial charge in [0.05, 0.1) is 35.9 Å². The summed E-state index contributed by atoms with van der Waals surface area (Å²) >= 11 is 0. The van der Waals surface area contributed by atoms with Crippen LogP contribution >= 0.6 is 0 Å². The molecule has 1 saturated carbocycles. The average Bonchev–Trinajstić information content (AvgIpc) is 2.85. The Hall–Kier alpha value is -3.98. The summed E-state index contributed by atoms with van der Waals surface area (Å²) in [5.41, 5.74) is 6.19. The van der Waals surface area contributed by atoms with Crippen molar-refractivity contribution in [1.29, 1.82) is 0 Å². The Morgan fingerprint density at radius 3 is 2.29 bits per heavy atom. The molecule has 0 heterocycles. The SMILES string of the molecule is CN(C)[C@@H]1C(=O)C(C(N)=O)=C(O)[C@@]2(O)C(=O)C3=C(O)c4c(ccc(NC(=O)OCC(C)(C)C)c4O)[C@H](N)[C@H]3[C@H](O)[C@@H]12. The molecule has 0 saturated heterocycles. The number of nitrogens with two attached hydrogens (primary N) is 2. The summed E-state index contributed by atoms with van der Waals surface area (Å²) in [6.45, 7) is 5.58. The number of Topliss-reactive ketones (excluding diaryl/α,β-unsaturated/α-hetero) is 2. The van der Waals surface area contributed by atoms with E-state index in [1.807, 2.05) is 20.8 Å². The normalized spacial score (nSPS) is 29.6. The van der Waals surface area contributed by atoms with Gasteiger partial charge in [-0.25, -0.2) is 4.79 Å². The topological polar surface area (TPSA) is 246 Å². The van der Waals surface area contributed by atoms with Gasteiger partial charge in [-0.05, 0) is 31.1 Å². The molecule has 2 amide bonds. The number of fused-ring (bicyclic) bond motifs is 3. The maximum Gasteiger partial charge on any atom is 0.411 e. The molecule has 6 atom stereocenters. The molecule has 0 aliphatic heterocycles. The van der Waals surface area contributed by atoms with Crippen molar-refractivity contribution in [2.75, 3.05) is 26.0 Å². The van der Waals surface area contributed by atoms with E-state index in [2.05, 4.69) is 5.32 Å². The fourth-order valence-corrected chi connectivity index (χ4v) is 5.89. The summed E-state index contributed by atoms with van der Waals surface area (Å²) in [6.07, 6.45) is -2.73. The summed E-state index contributed by atoms with van der Waals surface area (Å²) in [6, 6.07) is -0.108. The van der Waals surface area contributed by atoms with Gasteiger partial charge in [-0.2, -0.15) is 0 Å². The van der Waals surface area contributed by atoms with E-state index >= 15 is 0 Å². The third kappa shape index (κ3) is 4.43. The van der Waals surface area contributed by atoms with E-state index in [1.165, 1.54) is 31.1 Å². The molecule has 3 aliphatic carbocycles. The van der Waals surface area contributed by atoms with Gasteiger partial charge in [-0.3, -0.25) is 24.6 Å². The number of aromatic hydroxyl groups is 1. The van der Waals surface area contributed by atoms with Crippen molar-refractivity contribution < 1.29 is 49.4 Å². The maximum absolute atomic E-state index is 14.0. The van der Waals surface area contributed by atoms with Crippen molar-refractivity contribution in [2.45, 2.75) is 44.6 Å². The molecule has 3 aliphatic rings. The lowest BCUT2D eigenvalue weighted by Crippen LogP contribution is -2.70. The van der Waals surface area contributed by atoms with E-state index in [0.29, 0.717) is 0 Å². The van der Waals surface area contributed by atoms with Crippen LogP contribution in [0.15, 0.2) is 29.0 Å². The molecule has 14 nitrogen and oxygen atoms in total. The first-order valence-electron chi connectivity index (χ1n) is 12.7. The molecular weight excluding hydrogens is 540 g/mol. The number of aliphatic hydroxyl groups is 4. The number of likely N-dealkylation sites (N-methyl/N-ethyl adjacent to an activating group) is 1. The molecule has 41 heavy (non-hydrogen) atoms. The first-order valence-corrected chi connectivity index (χ1v) is 12.7. The fraction of sp³-hybridized carbons (Fsp3) is 0.481. The number of carbonyl (C=O) groups is 4. The zero-order valence-electron chi connectivity index (χ0n) is 23.1. The number of ether oxygens (including phenoxy) is 1.